The van der Waals surface area contributed by atoms with Gasteiger partial charge in [-0.1, -0.05) is 5.16 Å². The highest BCUT2D eigenvalue weighted by atomic mass is 16.5. The first kappa shape index (κ1) is 11.8. The Hall–Kier alpha value is -1.27. The van der Waals surface area contributed by atoms with Crippen molar-refractivity contribution in [2.75, 3.05) is 19.8 Å². The number of ether oxygens (including phenoxy) is 2. The topological polar surface area (TPSA) is 74.5 Å². The van der Waals surface area contributed by atoms with Crippen LogP contribution in [0.4, 0.5) is 0 Å². The Kier molecular flexibility index (Phi) is 2.91. The number of ketones is 1. The molecule has 2 aliphatic rings. The molecule has 2 atom stereocenters. The Morgan fingerprint density at radius 2 is 2.28 bits per heavy atom. The molecule has 6 nitrogen and oxygen atoms in total. The van der Waals surface area contributed by atoms with Gasteiger partial charge in [-0.25, -0.2) is 0 Å². The fraction of sp³-hybridized carbons (Fsp3) is 0.750. The van der Waals surface area contributed by atoms with E-state index in [4.69, 9.17) is 14.0 Å². The molecule has 2 aliphatic heterocycles. The van der Waals surface area contributed by atoms with E-state index in [1.807, 2.05) is 6.92 Å². The van der Waals surface area contributed by atoms with E-state index in [0.717, 1.165) is 12.8 Å². The van der Waals surface area contributed by atoms with Gasteiger partial charge in [0.1, 0.15) is 17.3 Å². The normalized spacial score (nSPS) is 32.9. The summed E-state index contributed by atoms with van der Waals surface area (Å²) in [5.74, 6) is 0.582. The zero-order valence-electron chi connectivity index (χ0n) is 10.3. The van der Waals surface area contributed by atoms with Crippen LogP contribution < -0.4 is 0 Å². The Morgan fingerprint density at radius 1 is 1.39 bits per heavy atom. The minimum absolute atomic E-state index is 0.106. The number of nitrogens with zero attached hydrogens (tertiary/aromatic N) is 2. The monoisotopic (exact) mass is 252 g/mol. The lowest BCUT2D eigenvalue weighted by atomic mass is 10.00. The lowest BCUT2D eigenvalue weighted by Crippen LogP contribution is -2.26. The second kappa shape index (κ2) is 4.44. The number of rotatable bonds is 2. The predicted octanol–water partition coefficient (Wildman–Crippen LogP) is 1.17. The van der Waals surface area contributed by atoms with E-state index in [1.165, 1.54) is 0 Å². The van der Waals surface area contributed by atoms with Crippen LogP contribution >= 0.6 is 0 Å². The van der Waals surface area contributed by atoms with E-state index in [0.29, 0.717) is 38.0 Å². The van der Waals surface area contributed by atoms with Gasteiger partial charge < -0.3 is 14.0 Å². The summed E-state index contributed by atoms with van der Waals surface area (Å²) in [6.07, 6.45) is 2.28. The quantitative estimate of drug-likeness (QED) is 0.786. The van der Waals surface area contributed by atoms with Crippen LogP contribution in [0.15, 0.2) is 4.52 Å². The van der Waals surface area contributed by atoms with E-state index < -0.39 is 11.5 Å². The third-order valence-corrected chi connectivity index (χ3v) is 3.60. The number of hydrogen-bond acceptors (Lipinski definition) is 6. The van der Waals surface area contributed by atoms with Crippen LogP contribution in [0.3, 0.4) is 0 Å². The third-order valence-electron chi connectivity index (χ3n) is 3.60. The molecule has 6 heteroatoms. The SMILES string of the molecule is CC1(c2noc(C3COCCC3=O)n2)CCCO1. The van der Waals surface area contributed by atoms with Crippen molar-refractivity contribution < 1.29 is 18.8 Å². The van der Waals surface area contributed by atoms with Gasteiger partial charge in [-0.2, -0.15) is 4.98 Å². The molecule has 1 aromatic heterocycles. The first-order chi connectivity index (χ1) is 8.69. The smallest absolute Gasteiger partial charge is 0.239 e. The first-order valence-corrected chi connectivity index (χ1v) is 6.27. The Labute approximate surface area is 105 Å². The molecule has 0 aromatic carbocycles. The van der Waals surface area contributed by atoms with Gasteiger partial charge in [-0.15, -0.1) is 0 Å². The van der Waals surface area contributed by atoms with Gasteiger partial charge in [0.25, 0.3) is 0 Å². The van der Waals surface area contributed by atoms with Crippen LogP contribution in [0.1, 0.15) is 43.8 Å². The molecule has 3 heterocycles. The van der Waals surface area contributed by atoms with Gasteiger partial charge in [0.15, 0.2) is 0 Å². The Morgan fingerprint density at radius 3 is 3.00 bits per heavy atom. The lowest BCUT2D eigenvalue weighted by Gasteiger charge is -2.18. The van der Waals surface area contributed by atoms with Gasteiger partial charge >= 0.3 is 0 Å². The van der Waals surface area contributed by atoms with Crippen molar-refractivity contribution in [1.29, 1.82) is 0 Å². The first-order valence-electron chi connectivity index (χ1n) is 6.27. The summed E-state index contributed by atoms with van der Waals surface area (Å²) < 4.78 is 16.1. The van der Waals surface area contributed by atoms with E-state index in [1.54, 1.807) is 0 Å². The van der Waals surface area contributed by atoms with Crippen LogP contribution in [0, 0.1) is 0 Å². The third kappa shape index (κ3) is 1.95. The fourth-order valence-corrected chi connectivity index (χ4v) is 2.40. The van der Waals surface area contributed by atoms with Gasteiger partial charge in [-0.05, 0) is 19.8 Å². The van der Waals surface area contributed by atoms with E-state index in [2.05, 4.69) is 10.1 Å². The van der Waals surface area contributed by atoms with Crippen molar-refractivity contribution in [2.24, 2.45) is 0 Å². The summed E-state index contributed by atoms with van der Waals surface area (Å²) in [6.45, 7) is 3.48. The molecular formula is C12H16N2O4. The molecule has 2 fully saturated rings. The molecule has 0 spiro atoms. The predicted molar refractivity (Wildman–Crippen MR) is 60.0 cm³/mol. The van der Waals surface area contributed by atoms with Crippen LogP contribution in [0.25, 0.3) is 0 Å². The molecule has 98 valence electrons. The summed E-state index contributed by atoms with van der Waals surface area (Å²) in [5.41, 5.74) is -0.472. The Balaban J connectivity index is 1.82. The van der Waals surface area contributed by atoms with Gasteiger partial charge in [-0.3, -0.25) is 4.79 Å². The summed E-state index contributed by atoms with van der Waals surface area (Å²) in [7, 11) is 0. The zero-order chi connectivity index (χ0) is 12.6. The van der Waals surface area contributed by atoms with E-state index >= 15 is 0 Å². The van der Waals surface area contributed by atoms with Crippen LogP contribution in [-0.4, -0.2) is 35.7 Å². The molecule has 0 bridgehead atoms. The minimum Gasteiger partial charge on any atom is -0.380 e. The molecule has 0 saturated carbocycles. The van der Waals surface area contributed by atoms with Crippen molar-refractivity contribution in [3.8, 4) is 0 Å². The number of carbonyl (C=O) groups excluding carboxylic acids is 1. The second-order valence-corrected chi connectivity index (χ2v) is 4.98. The maximum Gasteiger partial charge on any atom is 0.239 e. The van der Waals surface area contributed by atoms with Gasteiger partial charge in [0, 0.05) is 13.0 Å². The number of carbonyl (C=O) groups is 1. The highest BCUT2D eigenvalue weighted by Crippen LogP contribution is 2.34. The summed E-state index contributed by atoms with van der Waals surface area (Å²) >= 11 is 0. The van der Waals surface area contributed by atoms with Gasteiger partial charge in [0.05, 0.1) is 13.2 Å². The van der Waals surface area contributed by atoms with Crippen molar-refractivity contribution in [2.45, 2.75) is 37.7 Å². The second-order valence-electron chi connectivity index (χ2n) is 4.98. The van der Waals surface area contributed by atoms with Crippen LogP contribution in [-0.2, 0) is 19.9 Å². The van der Waals surface area contributed by atoms with Crippen LogP contribution in [0.5, 0.6) is 0 Å². The van der Waals surface area contributed by atoms with E-state index in [-0.39, 0.29) is 5.78 Å². The van der Waals surface area contributed by atoms with Crippen molar-refractivity contribution in [1.82, 2.24) is 10.1 Å². The summed E-state index contributed by atoms with van der Waals surface area (Å²) in [5, 5.41) is 3.96. The van der Waals surface area contributed by atoms with Crippen molar-refractivity contribution in [3.63, 3.8) is 0 Å². The maximum absolute atomic E-state index is 11.8. The molecule has 0 radical (unpaired) electrons. The van der Waals surface area contributed by atoms with Crippen molar-refractivity contribution >= 4 is 5.78 Å². The fourth-order valence-electron chi connectivity index (χ4n) is 2.40. The largest absolute Gasteiger partial charge is 0.380 e. The molecule has 0 N–H and O–H groups in total. The number of hydrogen-bond donors (Lipinski definition) is 0. The molecule has 2 saturated heterocycles. The Bertz CT molecular complexity index is 451. The molecule has 1 aromatic rings. The number of aromatic nitrogens is 2. The van der Waals surface area contributed by atoms with Gasteiger partial charge in [0.2, 0.25) is 11.7 Å². The average Bonchev–Trinajstić information content (AvgIpc) is 2.99. The molecular weight excluding hydrogens is 236 g/mol. The lowest BCUT2D eigenvalue weighted by molar-refractivity contribution is -0.127. The average molecular weight is 252 g/mol. The van der Waals surface area contributed by atoms with Crippen LogP contribution in [0.2, 0.25) is 0 Å². The minimum atomic E-state index is -0.472. The summed E-state index contributed by atoms with van der Waals surface area (Å²) in [4.78, 5) is 16.1. The van der Waals surface area contributed by atoms with Crippen molar-refractivity contribution in [3.05, 3.63) is 11.7 Å². The zero-order valence-corrected chi connectivity index (χ0v) is 10.3. The highest BCUT2D eigenvalue weighted by molar-refractivity contribution is 5.85. The molecule has 18 heavy (non-hydrogen) atoms. The molecule has 2 unspecified atom stereocenters. The molecule has 0 amide bonds. The molecule has 0 aliphatic carbocycles. The van der Waals surface area contributed by atoms with E-state index in [9.17, 15) is 4.79 Å². The summed E-state index contributed by atoms with van der Waals surface area (Å²) in [6, 6.07) is 0. The maximum atomic E-state index is 11.8. The molecule has 3 rings (SSSR count). The number of Topliss-reactive ketones (excluding diaryl/α,β-unsaturated/α-hetero) is 1. The highest BCUT2D eigenvalue weighted by Gasteiger charge is 2.38. The standard InChI is InChI=1S/C12H16N2O4/c1-12(4-2-5-17-12)11-13-10(18-14-11)8-7-16-6-3-9(8)15/h8H,2-7H2,1H3.